The van der Waals surface area contributed by atoms with Gasteiger partial charge in [-0.2, -0.15) is 0 Å². The van der Waals surface area contributed by atoms with E-state index >= 15 is 0 Å². The molecule has 2 aliphatic heterocycles. The fourth-order valence-corrected chi connectivity index (χ4v) is 3.01. The fraction of sp³-hybridized carbons (Fsp3) is 0.500. The first kappa shape index (κ1) is 15.9. The van der Waals surface area contributed by atoms with E-state index in [0.717, 1.165) is 25.0 Å². The van der Waals surface area contributed by atoms with Crippen molar-refractivity contribution in [3.05, 3.63) is 29.8 Å². The molecule has 124 valence electrons. The summed E-state index contributed by atoms with van der Waals surface area (Å²) in [6, 6.07) is 3.04. The molecule has 2 heterocycles. The predicted molar refractivity (Wildman–Crippen MR) is 78.8 cm³/mol. The zero-order valence-electron chi connectivity index (χ0n) is 12.6. The minimum atomic E-state index is -0.833. The summed E-state index contributed by atoms with van der Waals surface area (Å²) >= 11 is 0. The largest absolute Gasteiger partial charge is 0.376 e. The molecule has 23 heavy (non-hydrogen) atoms. The highest BCUT2D eigenvalue weighted by Crippen LogP contribution is 2.28. The van der Waals surface area contributed by atoms with Crippen molar-refractivity contribution in [3.63, 3.8) is 0 Å². The van der Waals surface area contributed by atoms with Gasteiger partial charge < -0.3 is 15.0 Å². The Balaban J connectivity index is 1.62. The number of hydrogen-bond donors (Lipinski definition) is 1. The van der Waals surface area contributed by atoms with Crippen molar-refractivity contribution >= 4 is 17.5 Å². The van der Waals surface area contributed by atoms with Crippen LogP contribution < -0.4 is 10.2 Å². The topological polar surface area (TPSA) is 58.6 Å². The smallest absolute Gasteiger partial charge is 0.239 e. The molecule has 3 rings (SSSR count). The summed E-state index contributed by atoms with van der Waals surface area (Å²) in [6.45, 7) is 1.31. The van der Waals surface area contributed by atoms with Gasteiger partial charge in [0.05, 0.1) is 11.8 Å². The van der Waals surface area contributed by atoms with Crippen molar-refractivity contribution in [3.8, 4) is 0 Å². The van der Waals surface area contributed by atoms with Gasteiger partial charge in [-0.25, -0.2) is 8.78 Å². The van der Waals surface area contributed by atoms with Crippen LogP contribution in [-0.2, 0) is 14.3 Å². The number of anilines is 1. The van der Waals surface area contributed by atoms with Crippen LogP contribution in [-0.4, -0.2) is 37.6 Å². The Morgan fingerprint density at radius 3 is 2.87 bits per heavy atom. The van der Waals surface area contributed by atoms with Crippen LogP contribution in [0.15, 0.2) is 18.2 Å². The molecule has 2 saturated heterocycles. The summed E-state index contributed by atoms with van der Waals surface area (Å²) in [7, 11) is 0. The molecule has 0 saturated carbocycles. The molecule has 2 amide bonds. The first-order valence-electron chi connectivity index (χ1n) is 7.72. The highest BCUT2D eigenvalue weighted by molar-refractivity contribution is 6.09. The van der Waals surface area contributed by atoms with Gasteiger partial charge in [0.2, 0.25) is 11.8 Å². The van der Waals surface area contributed by atoms with Gasteiger partial charge in [0.1, 0.15) is 17.6 Å². The number of carbonyl (C=O) groups is 2. The molecule has 2 aliphatic rings. The molecule has 1 N–H and O–H groups in total. The maximum atomic E-state index is 13.8. The first-order chi connectivity index (χ1) is 11.1. The zero-order chi connectivity index (χ0) is 16.4. The van der Waals surface area contributed by atoms with Crippen LogP contribution in [0.25, 0.3) is 0 Å². The lowest BCUT2D eigenvalue weighted by molar-refractivity contribution is -0.132. The summed E-state index contributed by atoms with van der Waals surface area (Å²) in [6.07, 6.45) is 2.18. The van der Waals surface area contributed by atoms with E-state index in [1.165, 1.54) is 11.0 Å². The Morgan fingerprint density at radius 1 is 1.35 bits per heavy atom. The average molecular weight is 324 g/mol. The van der Waals surface area contributed by atoms with Gasteiger partial charge in [-0.05, 0) is 31.4 Å². The lowest BCUT2D eigenvalue weighted by Crippen LogP contribution is -2.40. The number of carbonyl (C=O) groups excluding carboxylic acids is 2. The van der Waals surface area contributed by atoms with E-state index in [1.54, 1.807) is 0 Å². The second kappa shape index (κ2) is 6.62. The van der Waals surface area contributed by atoms with E-state index in [-0.39, 0.29) is 24.2 Å². The second-order valence-electron chi connectivity index (χ2n) is 5.81. The van der Waals surface area contributed by atoms with E-state index < -0.39 is 23.5 Å². The van der Waals surface area contributed by atoms with Crippen molar-refractivity contribution in [2.75, 3.05) is 24.6 Å². The van der Waals surface area contributed by atoms with Crippen LogP contribution in [0.4, 0.5) is 14.5 Å². The van der Waals surface area contributed by atoms with Crippen molar-refractivity contribution < 1.29 is 23.1 Å². The third kappa shape index (κ3) is 3.34. The minimum Gasteiger partial charge on any atom is -0.376 e. The number of benzene rings is 1. The fourth-order valence-electron chi connectivity index (χ4n) is 3.01. The molecule has 2 fully saturated rings. The van der Waals surface area contributed by atoms with Crippen molar-refractivity contribution in [2.24, 2.45) is 5.92 Å². The molecule has 1 aromatic rings. The minimum absolute atomic E-state index is 0.00102. The number of nitrogens with zero attached hydrogens (tertiary/aromatic N) is 1. The van der Waals surface area contributed by atoms with Crippen LogP contribution in [0.5, 0.6) is 0 Å². The molecule has 7 heteroatoms. The summed E-state index contributed by atoms with van der Waals surface area (Å²) in [5.41, 5.74) is 0.00539. The number of ether oxygens (including phenoxy) is 1. The van der Waals surface area contributed by atoms with Crippen LogP contribution in [0, 0.1) is 17.6 Å². The van der Waals surface area contributed by atoms with Crippen molar-refractivity contribution in [2.45, 2.75) is 25.4 Å². The monoisotopic (exact) mass is 324 g/mol. The molecule has 1 aromatic carbocycles. The predicted octanol–water partition coefficient (Wildman–Crippen LogP) is 1.61. The van der Waals surface area contributed by atoms with Crippen LogP contribution in [0.3, 0.4) is 0 Å². The number of nitrogens with one attached hydrogen (secondary N) is 1. The molecule has 0 bridgehead atoms. The molecule has 2 unspecified atom stereocenters. The second-order valence-corrected chi connectivity index (χ2v) is 5.81. The molecular formula is C16H18F2N2O3. The molecule has 0 aliphatic carbocycles. The molecule has 0 radical (unpaired) electrons. The number of halogens is 2. The van der Waals surface area contributed by atoms with Gasteiger partial charge in [0.15, 0.2) is 0 Å². The van der Waals surface area contributed by atoms with Gasteiger partial charge in [0.25, 0.3) is 0 Å². The van der Waals surface area contributed by atoms with Gasteiger partial charge >= 0.3 is 0 Å². The Kier molecular flexibility index (Phi) is 4.56. The van der Waals surface area contributed by atoms with Crippen LogP contribution in [0.2, 0.25) is 0 Å². The standard InChI is InChI=1S/C16H18F2N2O3/c17-10-3-4-14(13(18)8-10)20-6-5-12(16(20)22)15(21)19-9-11-2-1-7-23-11/h3-4,8,11-12H,1-2,5-7,9H2,(H,19,21). The highest BCUT2D eigenvalue weighted by Gasteiger charge is 2.38. The van der Waals surface area contributed by atoms with Crippen LogP contribution in [0.1, 0.15) is 19.3 Å². The van der Waals surface area contributed by atoms with E-state index in [4.69, 9.17) is 4.74 Å². The Hall–Kier alpha value is -2.02. The maximum absolute atomic E-state index is 13.8. The zero-order valence-corrected chi connectivity index (χ0v) is 12.6. The first-order valence-corrected chi connectivity index (χ1v) is 7.72. The summed E-state index contributed by atoms with van der Waals surface area (Å²) < 4.78 is 32.2. The van der Waals surface area contributed by atoms with E-state index in [2.05, 4.69) is 5.32 Å². The van der Waals surface area contributed by atoms with E-state index in [1.807, 2.05) is 0 Å². The van der Waals surface area contributed by atoms with Gasteiger partial charge in [-0.3, -0.25) is 9.59 Å². The van der Waals surface area contributed by atoms with Gasteiger partial charge in [0, 0.05) is 25.8 Å². The van der Waals surface area contributed by atoms with Crippen LogP contribution >= 0.6 is 0 Å². The lowest BCUT2D eigenvalue weighted by atomic mass is 10.1. The third-order valence-corrected chi connectivity index (χ3v) is 4.25. The molecule has 0 aromatic heterocycles. The lowest BCUT2D eigenvalue weighted by Gasteiger charge is -2.18. The summed E-state index contributed by atoms with van der Waals surface area (Å²) in [5, 5.41) is 2.73. The molecule has 0 spiro atoms. The number of amides is 2. The van der Waals surface area contributed by atoms with Gasteiger partial charge in [-0.15, -0.1) is 0 Å². The van der Waals surface area contributed by atoms with E-state index in [9.17, 15) is 18.4 Å². The Labute approximate surface area is 132 Å². The third-order valence-electron chi connectivity index (χ3n) is 4.25. The van der Waals surface area contributed by atoms with E-state index in [0.29, 0.717) is 19.6 Å². The normalized spacial score (nSPS) is 24.3. The maximum Gasteiger partial charge on any atom is 0.239 e. The van der Waals surface area contributed by atoms with Crippen molar-refractivity contribution in [1.29, 1.82) is 0 Å². The summed E-state index contributed by atoms with van der Waals surface area (Å²) in [5.74, 6) is -3.17. The highest BCUT2D eigenvalue weighted by atomic mass is 19.1. The summed E-state index contributed by atoms with van der Waals surface area (Å²) in [4.78, 5) is 25.7. The number of rotatable bonds is 4. The van der Waals surface area contributed by atoms with Crippen molar-refractivity contribution in [1.82, 2.24) is 5.32 Å². The number of hydrogen-bond acceptors (Lipinski definition) is 3. The molecule has 5 nitrogen and oxygen atoms in total. The SMILES string of the molecule is O=C(NCC1CCCO1)C1CCN(c2ccc(F)cc2F)C1=O. The Morgan fingerprint density at radius 2 is 2.17 bits per heavy atom. The van der Waals surface area contributed by atoms with Gasteiger partial charge in [-0.1, -0.05) is 0 Å². The molecule has 2 atom stereocenters. The quantitative estimate of drug-likeness (QED) is 0.856. The average Bonchev–Trinajstić information content (AvgIpc) is 3.15. The molecular weight excluding hydrogens is 306 g/mol. The Bertz CT molecular complexity index is 617.